The molecule has 2 aromatic carbocycles. The molecule has 3 nitrogen and oxygen atoms in total. The van der Waals surface area contributed by atoms with Crippen LogP contribution in [-0.4, -0.2) is 38.0 Å². The minimum Gasteiger partial charge on any atom is -0.311 e. The van der Waals surface area contributed by atoms with Gasteiger partial charge in [0, 0.05) is 24.7 Å². The van der Waals surface area contributed by atoms with Gasteiger partial charge in [-0.2, -0.15) is 0 Å². The highest BCUT2D eigenvalue weighted by Crippen LogP contribution is 2.34. The second-order valence-corrected chi connectivity index (χ2v) is 9.24. The van der Waals surface area contributed by atoms with Crippen molar-refractivity contribution in [3.63, 3.8) is 0 Å². The third-order valence-corrected chi connectivity index (χ3v) is 6.12. The lowest BCUT2D eigenvalue weighted by molar-refractivity contribution is -0.124. The first-order chi connectivity index (χ1) is 14.8. The van der Waals surface area contributed by atoms with E-state index in [9.17, 15) is 9.18 Å². The quantitative estimate of drug-likeness (QED) is 0.577. The van der Waals surface area contributed by atoms with E-state index < -0.39 is 0 Å². The van der Waals surface area contributed by atoms with Gasteiger partial charge in [-0.15, -0.1) is 0 Å². The van der Waals surface area contributed by atoms with Crippen molar-refractivity contribution in [2.45, 2.75) is 40.0 Å². The molecule has 1 heterocycles. The summed E-state index contributed by atoms with van der Waals surface area (Å²) in [6.07, 6.45) is 6.83. The van der Waals surface area contributed by atoms with Crippen LogP contribution in [0.4, 0.5) is 10.1 Å². The van der Waals surface area contributed by atoms with Crippen LogP contribution in [0.15, 0.2) is 42.5 Å². The number of aryl methyl sites for hydroxylation is 2. The fraction of sp³-hybridized carbons (Fsp3) is 0.444. The molecular formula is C27H35FN2O. The summed E-state index contributed by atoms with van der Waals surface area (Å²) in [5.41, 5.74) is 5.14. The summed E-state index contributed by atoms with van der Waals surface area (Å²) in [6.45, 7) is 7.82. The molecule has 166 valence electrons. The van der Waals surface area contributed by atoms with Crippen LogP contribution in [-0.2, 0) is 11.2 Å². The maximum absolute atomic E-state index is 14.2. The molecule has 1 fully saturated rings. The predicted octanol–water partition coefficient (Wildman–Crippen LogP) is 5.64. The Bertz CT molecular complexity index is 927. The first-order valence-corrected chi connectivity index (χ1v) is 11.2. The zero-order chi connectivity index (χ0) is 22.5. The van der Waals surface area contributed by atoms with Gasteiger partial charge in [-0.3, -0.25) is 4.79 Å². The van der Waals surface area contributed by atoms with Gasteiger partial charge in [-0.25, -0.2) is 4.39 Å². The SMILES string of the molecule is Cc1cc(/C=C\CCN(C)C)cc(C)c1N1C[C@@H](Cc2ccccc2F)C[C@@H](C)C1=O. The van der Waals surface area contributed by atoms with Gasteiger partial charge in [-0.05, 0) is 93.6 Å². The Morgan fingerprint density at radius 1 is 1.16 bits per heavy atom. The predicted molar refractivity (Wildman–Crippen MR) is 128 cm³/mol. The van der Waals surface area contributed by atoms with Crippen LogP contribution in [0.2, 0.25) is 0 Å². The minimum absolute atomic E-state index is 0.0603. The van der Waals surface area contributed by atoms with E-state index in [0.29, 0.717) is 13.0 Å². The molecule has 0 aromatic heterocycles. The number of carbonyl (C=O) groups is 1. The third kappa shape index (κ3) is 5.82. The fourth-order valence-corrected chi connectivity index (χ4v) is 4.68. The molecule has 2 aromatic rings. The molecular weight excluding hydrogens is 387 g/mol. The van der Waals surface area contributed by atoms with E-state index >= 15 is 0 Å². The van der Waals surface area contributed by atoms with E-state index in [-0.39, 0.29) is 23.6 Å². The first kappa shape index (κ1) is 23.2. The Kier molecular flexibility index (Phi) is 7.66. The summed E-state index contributed by atoms with van der Waals surface area (Å²) in [7, 11) is 4.15. The summed E-state index contributed by atoms with van der Waals surface area (Å²) in [5, 5.41) is 0. The molecule has 0 aliphatic carbocycles. The molecule has 0 saturated carbocycles. The van der Waals surface area contributed by atoms with E-state index in [1.165, 1.54) is 6.07 Å². The summed E-state index contributed by atoms with van der Waals surface area (Å²) >= 11 is 0. The van der Waals surface area contributed by atoms with Crippen molar-refractivity contribution in [1.82, 2.24) is 4.90 Å². The second kappa shape index (κ2) is 10.2. The van der Waals surface area contributed by atoms with Crippen LogP contribution in [0.3, 0.4) is 0 Å². The smallest absolute Gasteiger partial charge is 0.229 e. The Morgan fingerprint density at radius 2 is 1.84 bits per heavy atom. The Balaban J connectivity index is 1.81. The zero-order valence-electron chi connectivity index (χ0n) is 19.5. The van der Waals surface area contributed by atoms with Crippen LogP contribution in [0, 0.1) is 31.5 Å². The number of anilines is 1. The Morgan fingerprint density at radius 3 is 2.48 bits per heavy atom. The number of hydrogen-bond acceptors (Lipinski definition) is 2. The highest BCUT2D eigenvalue weighted by molar-refractivity contribution is 5.97. The molecule has 1 aliphatic heterocycles. The molecule has 2 atom stereocenters. The Hall–Kier alpha value is -2.46. The topological polar surface area (TPSA) is 23.6 Å². The molecule has 0 bridgehead atoms. The van der Waals surface area contributed by atoms with Crippen molar-refractivity contribution < 1.29 is 9.18 Å². The van der Waals surface area contributed by atoms with Crippen molar-refractivity contribution in [1.29, 1.82) is 0 Å². The van der Waals surface area contributed by atoms with Gasteiger partial charge in [0.05, 0.1) is 0 Å². The van der Waals surface area contributed by atoms with Crippen molar-refractivity contribution in [2.24, 2.45) is 11.8 Å². The summed E-state index contributed by atoms with van der Waals surface area (Å²) < 4.78 is 14.2. The van der Waals surface area contributed by atoms with E-state index in [0.717, 1.165) is 47.3 Å². The van der Waals surface area contributed by atoms with Crippen molar-refractivity contribution in [3.8, 4) is 0 Å². The van der Waals surface area contributed by atoms with Crippen LogP contribution in [0.1, 0.15) is 42.0 Å². The summed E-state index contributed by atoms with van der Waals surface area (Å²) in [6, 6.07) is 11.3. The van der Waals surface area contributed by atoms with Gasteiger partial charge in [0.25, 0.3) is 0 Å². The van der Waals surface area contributed by atoms with Gasteiger partial charge < -0.3 is 9.80 Å². The molecule has 3 rings (SSSR count). The normalized spacial score (nSPS) is 19.6. The van der Waals surface area contributed by atoms with E-state index in [2.05, 4.69) is 57.1 Å². The molecule has 0 spiro atoms. The van der Waals surface area contributed by atoms with Crippen LogP contribution < -0.4 is 4.90 Å². The monoisotopic (exact) mass is 422 g/mol. The maximum Gasteiger partial charge on any atom is 0.229 e. The van der Waals surface area contributed by atoms with Crippen molar-refractivity contribution >= 4 is 17.7 Å². The van der Waals surface area contributed by atoms with Gasteiger partial charge in [0.2, 0.25) is 5.91 Å². The number of rotatable bonds is 7. The van der Waals surface area contributed by atoms with Crippen LogP contribution >= 0.6 is 0 Å². The molecule has 0 radical (unpaired) electrons. The lowest BCUT2D eigenvalue weighted by atomic mass is 9.84. The average Bonchev–Trinajstić information content (AvgIpc) is 2.70. The van der Waals surface area contributed by atoms with E-state index in [1.807, 2.05) is 24.0 Å². The highest BCUT2D eigenvalue weighted by Gasteiger charge is 2.34. The number of amides is 1. The van der Waals surface area contributed by atoms with Crippen molar-refractivity contribution in [2.75, 3.05) is 32.1 Å². The Labute approximate surface area is 186 Å². The molecule has 0 N–H and O–H groups in total. The number of benzene rings is 2. The van der Waals surface area contributed by atoms with Gasteiger partial charge in [0.1, 0.15) is 5.82 Å². The van der Waals surface area contributed by atoms with E-state index in [1.54, 1.807) is 6.07 Å². The van der Waals surface area contributed by atoms with E-state index in [4.69, 9.17) is 0 Å². The number of nitrogens with zero attached hydrogens (tertiary/aromatic N) is 2. The molecule has 0 unspecified atom stereocenters. The number of hydrogen-bond donors (Lipinski definition) is 0. The first-order valence-electron chi connectivity index (χ1n) is 11.2. The summed E-state index contributed by atoms with van der Waals surface area (Å²) in [5.74, 6) is 0.200. The van der Waals surface area contributed by atoms with Crippen LogP contribution in [0.5, 0.6) is 0 Å². The standard InChI is InChI=1S/C27H35FN2O/c1-19-14-22(10-8-9-13-29(4)5)15-20(2)26(19)30-18-23(16-21(3)27(30)31)17-24-11-6-7-12-25(24)28/h6-8,10-12,14-15,21,23H,9,13,16-18H2,1-5H3/b10-8-/t21-,23-/m1/s1. The molecule has 1 amide bonds. The zero-order valence-corrected chi connectivity index (χ0v) is 19.5. The average molecular weight is 423 g/mol. The molecule has 31 heavy (non-hydrogen) atoms. The molecule has 4 heteroatoms. The lowest BCUT2D eigenvalue weighted by Crippen LogP contribution is -2.46. The molecule has 1 aliphatic rings. The fourth-order valence-electron chi connectivity index (χ4n) is 4.68. The van der Waals surface area contributed by atoms with Crippen molar-refractivity contribution in [3.05, 3.63) is 70.5 Å². The lowest BCUT2D eigenvalue weighted by Gasteiger charge is -2.38. The highest BCUT2D eigenvalue weighted by atomic mass is 19.1. The summed E-state index contributed by atoms with van der Waals surface area (Å²) in [4.78, 5) is 17.2. The second-order valence-electron chi connectivity index (χ2n) is 9.24. The minimum atomic E-state index is -0.156. The molecule has 1 saturated heterocycles. The number of piperidine rings is 1. The van der Waals surface area contributed by atoms with Gasteiger partial charge in [0.15, 0.2) is 0 Å². The largest absolute Gasteiger partial charge is 0.311 e. The third-order valence-electron chi connectivity index (χ3n) is 6.12. The number of halogens is 1. The maximum atomic E-state index is 14.2. The van der Waals surface area contributed by atoms with Gasteiger partial charge in [-0.1, -0.05) is 37.3 Å². The van der Waals surface area contributed by atoms with Gasteiger partial charge >= 0.3 is 0 Å². The number of carbonyl (C=O) groups excluding carboxylic acids is 1. The van der Waals surface area contributed by atoms with Crippen LogP contribution in [0.25, 0.3) is 6.08 Å².